The maximum Gasteiger partial charge on any atom is 0.162 e. The topological polar surface area (TPSA) is 21.7 Å². The van der Waals surface area contributed by atoms with E-state index in [1.54, 1.807) is 18.2 Å². The summed E-state index contributed by atoms with van der Waals surface area (Å²) in [7, 11) is 0. The van der Waals surface area contributed by atoms with Gasteiger partial charge in [-0.1, -0.05) is 30.7 Å². The average molecular weight is 396 g/mol. The smallest absolute Gasteiger partial charge is 0.162 e. The van der Waals surface area contributed by atoms with E-state index in [0.717, 1.165) is 38.2 Å². The fourth-order valence-electron chi connectivity index (χ4n) is 2.43. The summed E-state index contributed by atoms with van der Waals surface area (Å²) in [4.78, 5) is 2.33. The summed E-state index contributed by atoms with van der Waals surface area (Å²) in [5.74, 6) is -0.749. The van der Waals surface area contributed by atoms with Crippen LogP contribution in [-0.4, -0.2) is 31.1 Å². The zero-order valence-electron chi connectivity index (χ0n) is 15.6. The van der Waals surface area contributed by atoms with Crippen LogP contribution in [0.15, 0.2) is 48.6 Å². The van der Waals surface area contributed by atoms with Crippen molar-refractivity contribution in [3.05, 3.63) is 65.2 Å². The standard InChI is InChI=1S/C21H24ClF2NO2/c1-3-5-11-25(4-2)12-6-13-26-16-8-10-21(18(22)14-16)27-17-7-9-19(23)20(24)15-17/h3,5,7-10,14-15H,4,6,11-13H2,1-2H3/b5-3-. The highest BCUT2D eigenvalue weighted by atomic mass is 35.5. The molecule has 2 rings (SSSR count). The molecule has 0 amide bonds. The van der Waals surface area contributed by atoms with Crippen molar-refractivity contribution in [2.24, 2.45) is 0 Å². The fraction of sp³-hybridized carbons (Fsp3) is 0.333. The van der Waals surface area contributed by atoms with E-state index in [1.165, 1.54) is 6.07 Å². The van der Waals surface area contributed by atoms with E-state index in [4.69, 9.17) is 21.1 Å². The molecule has 2 aromatic carbocycles. The highest BCUT2D eigenvalue weighted by Gasteiger charge is 2.08. The molecule has 0 spiro atoms. The van der Waals surface area contributed by atoms with Gasteiger partial charge in [0.15, 0.2) is 11.6 Å². The lowest BCUT2D eigenvalue weighted by Gasteiger charge is -2.18. The van der Waals surface area contributed by atoms with E-state index in [0.29, 0.717) is 23.1 Å². The first-order chi connectivity index (χ1) is 13.0. The maximum absolute atomic E-state index is 13.3. The Morgan fingerprint density at radius 2 is 1.85 bits per heavy atom. The Balaban J connectivity index is 1.86. The largest absolute Gasteiger partial charge is 0.493 e. The highest BCUT2D eigenvalue weighted by Crippen LogP contribution is 2.33. The monoisotopic (exact) mass is 395 g/mol. The van der Waals surface area contributed by atoms with Crippen molar-refractivity contribution in [2.45, 2.75) is 20.3 Å². The predicted molar refractivity (Wildman–Crippen MR) is 105 cm³/mol. The summed E-state index contributed by atoms with van der Waals surface area (Å²) in [6, 6.07) is 8.34. The van der Waals surface area contributed by atoms with Crippen molar-refractivity contribution < 1.29 is 18.3 Å². The molecule has 0 aliphatic rings. The van der Waals surface area contributed by atoms with Gasteiger partial charge >= 0.3 is 0 Å². The first kappa shape index (κ1) is 21.2. The summed E-state index contributed by atoms with van der Waals surface area (Å²) >= 11 is 6.20. The van der Waals surface area contributed by atoms with Crippen molar-refractivity contribution >= 4 is 11.6 Å². The van der Waals surface area contributed by atoms with E-state index in [1.807, 2.05) is 13.0 Å². The molecule has 3 nitrogen and oxygen atoms in total. The second-order valence-electron chi connectivity index (χ2n) is 5.93. The molecule has 0 atom stereocenters. The van der Waals surface area contributed by atoms with E-state index in [2.05, 4.69) is 17.9 Å². The summed E-state index contributed by atoms with van der Waals surface area (Å²) < 4.78 is 37.5. The van der Waals surface area contributed by atoms with Crippen LogP contribution in [0.25, 0.3) is 0 Å². The van der Waals surface area contributed by atoms with Gasteiger partial charge in [0.2, 0.25) is 0 Å². The fourth-order valence-corrected chi connectivity index (χ4v) is 2.64. The Bertz CT molecular complexity index is 768. The number of hydrogen-bond donors (Lipinski definition) is 0. The molecule has 0 fully saturated rings. The molecular weight excluding hydrogens is 372 g/mol. The molecule has 2 aromatic rings. The minimum atomic E-state index is -0.973. The van der Waals surface area contributed by atoms with Crippen LogP contribution in [0.2, 0.25) is 5.02 Å². The lowest BCUT2D eigenvalue weighted by atomic mass is 10.3. The van der Waals surface area contributed by atoms with Crippen LogP contribution in [0.1, 0.15) is 20.3 Å². The predicted octanol–water partition coefficient (Wildman–Crippen LogP) is 6.08. The van der Waals surface area contributed by atoms with Crippen molar-refractivity contribution in [3.63, 3.8) is 0 Å². The molecule has 0 aliphatic carbocycles. The van der Waals surface area contributed by atoms with Crippen LogP contribution < -0.4 is 9.47 Å². The SMILES string of the molecule is C/C=C\CN(CC)CCCOc1ccc(Oc2ccc(F)c(F)c2)c(Cl)c1. The third kappa shape index (κ3) is 6.85. The van der Waals surface area contributed by atoms with Gasteiger partial charge in [0.25, 0.3) is 0 Å². The molecule has 27 heavy (non-hydrogen) atoms. The van der Waals surface area contributed by atoms with Gasteiger partial charge in [0.05, 0.1) is 11.6 Å². The molecule has 0 heterocycles. The maximum atomic E-state index is 13.3. The number of likely N-dealkylation sites (N-methyl/N-ethyl adjacent to an activating group) is 1. The second kappa shape index (κ2) is 10.9. The molecule has 0 saturated heterocycles. The molecule has 0 unspecified atom stereocenters. The summed E-state index contributed by atoms with van der Waals surface area (Å²) in [5, 5.41) is 0.334. The van der Waals surface area contributed by atoms with Crippen LogP contribution >= 0.6 is 11.6 Å². The summed E-state index contributed by atoms with van der Waals surface area (Å²) in [6.07, 6.45) is 5.08. The van der Waals surface area contributed by atoms with Crippen LogP contribution in [0, 0.1) is 11.6 Å². The van der Waals surface area contributed by atoms with Gasteiger partial charge in [-0.05, 0) is 44.2 Å². The van der Waals surface area contributed by atoms with E-state index in [-0.39, 0.29) is 5.75 Å². The Hall–Kier alpha value is -2.11. The number of allylic oxidation sites excluding steroid dienone is 1. The van der Waals surface area contributed by atoms with E-state index < -0.39 is 11.6 Å². The Labute approximate surface area is 164 Å². The third-order valence-electron chi connectivity index (χ3n) is 3.96. The second-order valence-corrected chi connectivity index (χ2v) is 6.34. The minimum Gasteiger partial charge on any atom is -0.493 e. The minimum absolute atomic E-state index is 0.172. The zero-order chi connectivity index (χ0) is 19.6. The van der Waals surface area contributed by atoms with Gasteiger partial charge in [0, 0.05) is 25.2 Å². The number of ether oxygens (including phenoxy) is 2. The Morgan fingerprint density at radius 3 is 2.52 bits per heavy atom. The van der Waals surface area contributed by atoms with Gasteiger partial charge in [0.1, 0.15) is 17.2 Å². The number of benzene rings is 2. The van der Waals surface area contributed by atoms with Crippen molar-refractivity contribution in [1.82, 2.24) is 4.90 Å². The molecule has 0 aromatic heterocycles. The van der Waals surface area contributed by atoms with E-state index in [9.17, 15) is 8.78 Å². The van der Waals surface area contributed by atoms with Crippen LogP contribution in [0.3, 0.4) is 0 Å². The van der Waals surface area contributed by atoms with Crippen molar-refractivity contribution in [1.29, 1.82) is 0 Å². The van der Waals surface area contributed by atoms with Gasteiger partial charge in [-0.15, -0.1) is 0 Å². The molecular formula is C21H24ClF2NO2. The highest BCUT2D eigenvalue weighted by molar-refractivity contribution is 6.32. The van der Waals surface area contributed by atoms with E-state index >= 15 is 0 Å². The number of rotatable bonds is 10. The van der Waals surface area contributed by atoms with Crippen LogP contribution in [0.4, 0.5) is 8.78 Å². The zero-order valence-corrected chi connectivity index (χ0v) is 16.3. The van der Waals surface area contributed by atoms with Gasteiger partial charge in [-0.2, -0.15) is 0 Å². The summed E-state index contributed by atoms with van der Waals surface area (Å²) in [6.45, 7) is 7.61. The Kier molecular flexibility index (Phi) is 8.55. The molecule has 6 heteroatoms. The van der Waals surface area contributed by atoms with Gasteiger partial charge < -0.3 is 9.47 Å². The van der Waals surface area contributed by atoms with Gasteiger partial charge in [-0.3, -0.25) is 4.90 Å². The van der Waals surface area contributed by atoms with Crippen molar-refractivity contribution in [2.75, 3.05) is 26.2 Å². The molecule has 0 radical (unpaired) electrons. The molecule has 0 bridgehead atoms. The van der Waals surface area contributed by atoms with Gasteiger partial charge in [-0.25, -0.2) is 8.78 Å². The number of nitrogens with zero attached hydrogens (tertiary/aromatic N) is 1. The number of hydrogen-bond acceptors (Lipinski definition) is 3. The molecule has 0 N–H and O–H groups in total. The molecule has 0 aliphatic heterocycles. The van der Waals surface area contributed by atoms with Crippen LogP contribution in [-0.2, 0) is 0 Å². The first-order valence-corrected chi connectivity index (χ1v) is 9.30. The van der Waals surface area contributed by atoms with Crippen molar-refractivity contribution in [3.8, 4) is 17.2 Å². The normalized spacial score (nSPS) is 11.3. The lowest BCUT2D eigenvalue weighted by Crippen LogP contribution is -2.25. The quantitative estimate of drug-likeness (QED) is 0.359. The summed E-state index contributed by atoms with van der Waals surface area (Å²) in [5.41, 5.74) is 0. The van der Waals surface area contributed by atoms with Crippen LogP contribution in [0.5, 0.6) is 17.2 Å². The number of halogens is 3. The Morgan fingerprint density at radius 1 is 1.07 bits per heavy atom. The lowest BCUT2D eigenvalue weighted by molar-refractivity contribution is 0.255. The molecule has 0 saturated carbocycles. The average Bonchev–Trinajstić information content (AvgIpc) is 2.66. The third-order valence-corrected chi connectivity index (χ3v) is 4.25. The molecule has 146 valence electrons. The first-order valence-electron chi connectivity index (χ1n) is 8.92.